The summed E-state index contributed by atoms with van der Waals surface area (Å²) < 4.78 is 1.97. The van der Waals surface area contributed by atoms with Crippen molar-refractivity contribution in [3.05, 3.63) is 34.0 Å². The van der Waals surface area contributed by atoms with E-state index in [0.717, 1.165) is 37.1 Å². The molecule has 0 amide bonds. The molecule has 1 unspecified atom stereocenters. The number of guanidine groups is 1. The molecule has 0 saturated heterocycles. The van der Waals surface area contributed by atoms with Crippen molar-refractivity contribution in [3.8, 4) is 0 Å². The van der Waals surface area contributed by atoms with Crippen LogP contribution in [0.2, 0.25) is 0 Å². The van der Waals surface area contributed by atoms with Gasteiger partial charge in [-0.25, -0.2) is 4.99 Å². The van der Waals surface area contributed by atoms with Crippen molar-refractivity contribution in [3.63, 3.8) is 0 Å². The number of nitrogens with one attached hydrogen (secondary N) is 2. The number of aliphatic imine (C=N–C) groups is 1. The minimum absolute atomic E-state index is 0.513. The Balaban J connectivity index is 1.92. The third-order valence-corrected chi connectivity index (χ3v) is 5.67. The first kappa shape index (κ1) is 18.8. The summed E-state index contributed by atoms with van der Waals surface area (Å²) in [6.07, 6.45) is 3.12. The van der Waals surface area contributed by atoms with Crippen LogP contribution >= 0.6 is 23.1 Å². The standard InChI is InChI=1S/C16H26N6S2/c1-12(23-4)10-18-16(17-8-7-14-6-5-9-24-14)19-11-15-21-20-13(2)22(15)3/h5-6,9,12H,7-8,10-11H2,1-4H3,(H2,17,18,19). The SMILES string of the molecule is CSC(C)CNC(=NCc1nnc(C)n1C)NCCc1cccs1. The molecular formula is C16H26N6S2. The van der Waals surface area contributed by atoms with Gasteiger partial charge in [-0.15, -0.1) is 21.5 Å². The Labute approximate surface area is 152 Å². The van der Waals surface area contributed by atoms with Crippen LogP contribution in [0.15, 0.2) is 22.5 Å². The molecule has 2 aromatic rings. The highest BCUT2D eigenvalue weighted by Gasteiger charge is 2.06. The molecule has 0 fully saturated rings. The van der Waals surface area contributed by atoms with E-state index in [1.165, 1.54) is 4.88 Å². The lowest BCUT2D eigenvalue weighted by Gasteiger charge is -2.15. The van der Waals surface area contributed by atoms with E-state index in [1.54, 1.807) is 11.3 Å². The lowest BCUT2D eigenvalue weighted by atomic mass is 10.3. The van der Waals surface area contributed by atoms with Gasteiger partial charge in [0.25, 0.3) is 0 Å². The number of hydrogen-bond donors (Lipinski definition) is 2. The predicted molar refractivity (Wildman–Crippen MR) is 104 cm³/mol. The van der Waals surface area contributed by atoms with Crippen LogP contribution in [-0.2, 0) is 20.0 Å². The Morgan fingerprint density at radius 2 is 2.25 bits per heavy atom. The first-order valence-electron chi connectivity index (χ1n) is 8.02. The van der Waals surface area contributed by atoms with Gasteiger partial charge in [0.1, 0.15) is 12.4 Å². The molecule has 0 bridgehead atoms. The summed E-state index contributed by atoms with van der Waals surface area (Å²) in [5.41, 5.74) is 0. The summed E-state index contributed by atoms with van der Waals surface area (Å²) >= 11 is 3.62. The maximum Gasteiger partial charge on any atom is 0.191 e. The lowest BCUT2D eigenvalue weighted by molar-refractivity contribution is 0.745. The Kier molecular flexibility index (Phi) is 7.58. The second kappa shape index (κ2) is 9.68. The van der Waals surface area contributed by atoms with Gasteiger partial charge in [0.15, 0.2) is 11.8 Å². The molecule has 2 N–H and O–H groups in total. The van der Waals surface area contributed by atoms with Gasteiger partial charge < -0.3 is 15.2 Å². The van der Waals surface area contributed by atoms with Crippen molar-refractivity contribution in [1.29, 1.82) is 0 Å². The third kappa shape index (κ3) is 5.83. The van der Waals surface area contributed by atoms with E-state index >= 15 is 0 Å². The maximum absolute atomic E-state index is 4.66. The molecule has 2 rings (SSSR count). The van der Waals surface area contributed by atoms with E-state index < -0.39 is 0 Å². The van der Waals surface area contributed by atoms with Crippen molar-refractivity contribution in [2.45, 2.75) is 32.1 Å². The number of thioether (sulfide) groups is 1. The second-order valence-electron chi connectivity index (χ2n) is 5.57. The minimum atomic E-state index is 0.513. The van der Waals surface area contributed by atoms with Gasteiger partial charge >= 0.3 is 0 Å². The second-order valence-corrected chi connectivity index (χ2v) is 7.88. The lowest BCUT2D eigenvalue weighted by Crippen LogP contribution is -2.41. The molecule has 0 aromatic carbocycles. The van der Waals surface area contributed by atoms with Gasteiger partial charge in [0, 0.05) is 30.3 Å². The minimum Gasteiger partial charge on any atom is -0.356 e. The molecule has 2 aromatic heterocycles. The summed E-state index contributed by atoms with van der Waals surface area (Å²) in [6.45, 7) is 6.40. The summed E-state index contributed by atoms with van der Waals surface area (Å²) in [7, 11) is 1.97. The fraction of sp³-hybridized carbons (Fsp3) is 0.562. The zero-order valence-electron chi connectivity index (χ0n) is 14.7. The smallest absolute Gasteiger partial charge is 0.191 e. The largest absolute Gasteiger partial charge is 0.356 e. The Hall–Kier alpha value is -1.54. The van der Waals surface area contributed by atoms with Gasteiger partial charge in [-0.2, -0.15) is 11.8 Å². The van der Waals surface area contributed by atoms with Crippen molar-refractivity contribution in [2.24, 2.45) is 12.0 Å². The summed E-state index contributed by atoms with van der Waals surface area (Å²) in [5, 5.41) is 17.7. The molecule has 8 heteroatoms. The molecule has 132 valence electrons. The highest BCUT2D eigenvalue weighted by atomic mass is 32.2. The number of aryl methyl sites for hydroxylation is 1. The molecule has 2 heterocycles. The molecule has 0 spiro atoms. The van der Waals surface area contributed by atoms with Gasteiger partial charge in [-0.05, 0) is 31.0 Å². The van der Waals surface area contributed by atoms with Crippen molar-refractivity contribution in [2.75, 3.05) is 19.3 Å². The number of rotatable bonds is 8. The highest BCUT2D eigenvalue weighted by molar-refractivity contribution is 7.99. The molecule has 0 radical (unpaired) electrons. The molecule has 0 aliphatic heterocycles. The monoisotopic (exact) mass is 366 g/mol. The quantitative estimate of drug-likeness (QED) is 0.554. The summed E-state index contributed by atoms with van der Waals surface area (Å²) in [4.78, 5) is 6.04. The van der Waals surface area contributed by atoms with E-state index in [2.05, 4.69) is 56.5 Å². The van der Waals surface area contributed by atoms with Gasteiger partial charge in [0.2, 0.25) is 0 Å². The van der Waals surface area contributed by atoms with Crippen molar-refractivity contribution in [1.82, 2.24) is 25.4 Å². The average molecular weight is 367 g/mol. The van der Waals surface area contributed by atoms with Gasteiger partial charge in [-0.3, -0.25) is 0 Å². The number of thiophene rings is 1. The average Bonchev–Trinajstić information content (AvgIpc) is 3.21. The van der Waals surface area contributed by atoms with Crippen LogP contribution in [-0.4, -0.2) is 45.3 Å². The fourth-order valence-corrected chi connectivity index (χ4v) is 2.95. The topological polar surface area (TPSA) is 67.1 Å². The van der Waals surface area contributed by atoms with Crippen LogP contribution in [0.25, 0.3) is 0 Å². The highest BCUT2D eigenvalue weighted by Crippen LogP contribution is 2.08. The maximum atomic E-state index is 4.66. The molecule has 6 nitrogen and oxygen atoms in total. The van der Waals surface area contributed by atoms with Crippen LogP contribution in [0.4, 0.5) is 0 Å². The first-order valence-corrected chi connectivity index (χ1v) is 10.2. The Bertz CT molecular complexity index is 635. The van der Waals surface area contributed by atoms with E-state index in [4.69, 9.17) is 0 Å². The number of aromatic nitrogens is 3. The fourth-order valence-electron chi connectivity index (χ4n) is 2.00. The van der Waals surface area contributed by atoms with E-state index in [1.807, 2.05) is 30.3 Å². The summed E-state index contributed by atoms with van der Waals surface area (Å²) in [6, 6.07) is 4.25. The van der Waals surface area contributed by atoms with Gasteiger partial charge in [0.05, 0.1) is 0 Å². The molecule has 1 atom stereocenters. The first-order chi connectivity index (χ1) is 11.6. The van der Waals surface area contributed by atoms with E-state index in [0.29, 0.717) is 11.8 Å². The van der Waals surface area contributed by atoms with E-state index in [-0.39, 0.29) is 0 Å². The Morgan fingerprint density at radius 1 is 1.42 bits per heavy atom. The molecular weight excluding hydrogens is 340 g/mol. The van der Waals surface area contributed by atoms with Crippen LogP contribution < -0.4 is 10.6 Å². The summed E-state index contributed by atoms with van der Waals surface area (Å²) in [5.74, 6) is 2.59. The van der Waals surface area contributed by atoms with Crippen molar-refractivity contribution >= 4 is 29.1 Å². The van der Waals surface area contributed by atoms with Crippen LogP contribution in [0.5, 0.6) is 0 Å². The van der Waals surface area contributed by atoms with Crippen LogP contribution in [0.3, 0.4) is 0 Å². The number of nitrogens with zero attached hydrogens (tertiary/aromatic N) is 4. The molecule has 0 aliphatic rings. The molecule has 24 heavy (non-hydrogen) atoms. The van der Waals surface area contributed by atoms with Crippen LogP contribution in [0, 0.1) is 6.92 Å². The number of hydrogen-bond acceptors (Lipinski definition) is 5. The van der Waals surface area contributed by atoms with Crippen LogP contribution in [0.1, 0.15) is 23.4 Å². The van der Waals surface area contributed by atoms with E-state index in [9.17, 15) is 0 Å². The molecule has 0 aliphatic carbocycles. The Morgan fingerprint density at radius 3 is 2.88 bits per heavy atom. The van der Waals surface area contributed by atoms with Gasteiger partial charge in [-0.1, -0.05) is 13.0 Å². The van der Waals surface area contributed by atoms with Crippen molar-refractivity contribution < 1.29 is 0 Å². The zero-order chi connectivity index (χ0) is 17.4. The normalized spacial score (nSPS) is 13.1. The third-order valence-electron chi connectivity index (χ3n) is 3.76. The predicted octanol–water partition coefficient (Wildman–Crippen LogP) is 2.21. The molecule has 0 saturated carbocycles. The zero-order valence-corrected chi connectivity index (χ0v) is 16.4.